The molecule has 0 radical (unpaired) electrons. The molecule has 0 atom stereocenters. The van der Waals surface area contributed by atoms with Crippen LogP contribution < -0.4 is 5.32 Å². The van der Waals surface area contributed by atoms with Crippen LogP contribution in [0.3, 0.4) is 0 Å². The lowest BCUT2D eigenvalue weighted by atomic mass is 10.1. The highest BCUT2D eigenvalue weighted by molar-refractivity contribution is 5.90. The van der Waals surface area contributed by atoms with Crippen molar-refractivity contribution in [2.75, 3.05) is 12.4 Å². The summed E-state index contributed by atoms with van der Waals surface area (Å²) >= 11 is 0. The van der Waals surface area contributed by atoms with Crippen molar-refractivity contribution < 1.29 is 4.39 Å². The smallest absolute Gasteiger partial charge is 0.162 e. The number of hydrogen-bond acceptors (Lipinski definition) is 3. The van der Waals surface area contributed by atoms with Gasteiger partial charge in [0.2, 0.25) is 0 Å². The van der Waals surface area contributed by atoms with Gasteiger partial charge in [-0.2, -0.15) is 0 Å². The summed E-state index contributed by atoms with van der Waals surface area (Å²) in [7, 11) is 1.80. The first-order valence-corrected chi connectivity index (χ1v) is 6.81. The Labute approximate surface area is 122 Å². The third-order valence-corrected chi connectivity index (χ3v) is 3.66. The number of aryl methyl sites for hydroxylation is 2. The van der Waals surface area contributed by atoms with Gasteiger partial charge in [0, 0.05) is 24.1 Å². The standard InChI is InChI=1S/C17H16FN3/c1-10-4-5-12(8-11(10)2)16-20-15-9-13(18)6-7-14(15)17(19-3)21-16/h4-9H,1-3H3,(H,19,20,21). The molecule has 21 heavy (non-hydrogen) atoms. The van der Waals surface area contributed by atoms with Crippen molar-refractivity contribution in [1.82, 2.24) is 9.97 Å². The van der Waals surface area contributed by atoms with Gasteiger partial charge in [-0.15, -0.1) is 0 Å². The second kappa shape index (κ2) is 5.13. The van der Waals surface area contributed by atoms with E-state index in [1.807, 2.05) is 12.1 Å². The third-order valence-electron chi connectivity index (χ3n) is 3.66. The van der Waals surface area contributed by atoms with E-state index in [4.69, 9.17) is 0 Å². The lowest BCUT2D eigenvalue weighted by Crippen LogP contribution is -1.99. The molecule has 3 nitrogen and oxygen atoms in total. The second-order valence-electron chi connectivity index (χ2n) is 5.11. The van der Waals surface area contributed by atoms with Crippen LogP contribution in [0.5, 0.6) is 0 Å². The van der Waals surface area contributed by atoms with E-state index >= 15 is 0 Å². The number of anilines is 1. The van der Waals surface area contributed by atoms with Crippen molar-refractivity contribution in [2.45, 2.75) is 13.8 Å². The molecule has 0 fully saturated rings. The normalized spacial score (nSPS) is 10.9. The molecular formula is C17H16FN3. The average molecular weight is 281 g/mol. The summed E-state index contributed by atoms with van der Waals surface area (Å²) in [5.41, 5.74) is 3.93. The van der Waals surface area contributed by atoms with Crippen LogP contribution in [0.4, 0.5) is 10.2 Å². The minimum atomic E-state index is -0.297. The van der Waals surface area contributed by atoms with Gasteiger partial charge >= 0.3 is 0 Å². The van der Waals surface area contributed by atoms with E-state index in [0.29, 0.717) is 17.2 Å². The van der Waals surface area contributed by atoms with Crippen molar-refractivity contribution in [2.24, 2.45) is 0 Å². The number of halogens is 1. The monoisotopic (exact) mass is 281 g/mol. The molecule has 1 aromatic heterocycles. The quantitative estimate of drug-likeness (QED) is 0.768. The zero-order valence-corrected chi connectivity index (χ0v) is 12.2. The summed E-state index contributed by atoms with van der Waals surface area (Å²) in [6, 6.07) is 10.6. The molecular weight excluding hydrogens is 265 g/mol. The zero-order valence-electron chi connectivity index (χ0n) is 12.2. The van der Waals surface area contributed by atoms with Crippen LogP contribution in [-0.2, 0) is 0 Å². The highest BCUT2D eigenvalue weighted by Crippen LogP contribution is 2.26. The Morgan fingerprint density at radius 3 is 2.48 bits per heavy atom. The molecule has 0 bridgehead atoms. The fraction of sp³-hybridized carbons (Fsp3) is 0.176. The average Bonchev–Trinajstić information content (AvgIpc) is 2.48. The van der Waals surface area contributed by atoms with Gasteiger partial charge in [-0.25, -0.2) is 14.4 Å². The summed E-state index contributed by atoms with van der Waals surface area (Å²) in [6.07, 6.45) is 0. The molecule has 0 spiro atoms. The Morgan fingerprint density at radius 2 is 1.76 bits per heavy atom. The molecule has 4 heteroatoms. The second-order valence-corrected chi connectivity index (χ2v) is 5.11. The minimum Gasteiger partial charge on any atom is -0.373 e. The summed E-state index contributed by atoms with van der Waals surface area (Å²) in [4.78, 5) is 9.04. The van der Waals surface area contributed by atoms with Gasteiger partial charge in [-0.1, -0.05) is 12.1 Å². The lowest BCUT2D eigenvalue weighted by Gasteiger charge is -2.09. The Hall–Kier alpha value is -2.49. The molecule has 0 saturated heterocycles. The van der Waals surface area contributed by atoms with Gasteiger partial charge in [0.05, 0.1) is 5.52 Å². The number of aromatic nitrogens is 2. The highest BCUT2D eigenvalue weighted by Gasteiger charge is 2.10. The van der Waals surface area contributed by atoms with E-state index in [1.54, 1.807) is 13.1 Å². The van der Waals surface area contributed by atoms with Gasteiger partial charge in [0.1, 0.15) is 11.6 Å². The Morgan fingerprint density at radius 1 is 0.952 bits per heavy atom. The molecule has 0 aliphatic carbocycles. The predicted octanol–water partition coefficient (Wildman–Crippen LogP) is 4.09. The maximum absolute atomic E-state index is 13.4. The van der Waals surface area contributed by atoms with E-state index < -0.39 is 0 Å². The third kappa shape index (κ3) is 2.44. The Balaban J connectivity index is 2.24. The minimum absolute atomic E-state index is 0.297. The summed E-state index contributed by atoms with van der Waals surface area (Å²) in [5, 5.41) is 3.86. The van der Waals surface area contributed by atoms with Crippen LogP contribution in [-0.4, -0.2) is 17.0 Å². The SMILES string of the molecule is CNc1nc(-c2ccc(C)c(C)c2)nc2cc(F)ccc12. The first-order valence-electron chi connectivity index (χ1n) is 6.81. The van der Waals surface area contributed by atoms with E-state index in [1.165, 1.54) is 23.3 Å². The number of hydrogen-bond donors (Lipinski definition) is 1. The van der Waals surface area contributed by atoms with Crippen molar-refractivity contribution >= 4 is 16.7 Å². The molecule has 106 valence electrons. The Bertz CT molecular complexity index is 828. The predicted molar refractivity (Wildman–Crippen MR) is 84.0 cm³/mol. The number of nitrogens with one attached hydrogen (secondary N) is 1. The fourth-order valence-corrected chi connectivity index (χ4v) is 2.30. The van der Waals surface area contributed by atoms with Gasteiger partial charge in [0.25, 0.3) is 0 Å². The van der Waals surface area contributed by atoms with Crippen molar-refractivity contribution in [1.29, 1.82) is 0 Å². The molecule has 1 N–H and O–H groups in total. The van der Waals surface area contributed by atoms with Crippen LogP contribution >= 0.6 is 0 Å². The van der Waals surface area contributed by atoms with Gasteiger partial charge < -0.3 is 5.32 Å². The molecule has 3 aromatic rings. The molecule has 2 aromatic carbocycles. The van der Waals surface area contributed by atoms with Crippen LogP contribution in [0.25, 0.3) is 22.3 Å². The molecule has 0 aliphatic heterocycles. The molecule has 1 heterocycles. The topological polar surface area (TPSA) is 37.8 Å². The molecule has 0 unspecified atom stereocenters. The number of nitrogens with zero attached hydrogens (tertiary/aromatic N) is 2. The summed E-state index contributed by atoms with van der Waals surface area (Å²) < 4.78 is 13.4. The van der Waals surface area contributed by atoms with Gasteiger partial charge in [0.15, 0.2) is 5.82 Å². The first-order chi connectivity index (χ1) is 10.1. The zero-order chi connectivity index (χ0) is 15.0. The fourth-order valence-electron chi connectivity index (χ4n) is 2.30. The maximum atomic E-state index is 13.4. The number of fused-ring (bicyclic) bond motifs is 1. The first kappa shape index (κ1) is 13.5. The lowest BCUT2D eigenvalue weighted by molar-refractivity contribution is 0.629. The van der Waals surface area contributed by atoms with E-state index in [9.17, 15) is 4.39 Å². The van der Waals surface area contributed by atoms with Crippen molar-refractivity contribution in [3.8, 4) is 11.4 Å². The number of benzene rings is 2. The molecule has 0 amide bonds. The van der Waals surface area contributed by atoms with Crippen LogP contribution in [0.15, 0.2) is 36.4 Å². The molecule has 0 saturated carbocycles. The van der Waals surface area contributed by atoms with Crippen LogP contribution in [0, 0.1) is 19.7 Å². The van der Waals surface area contributed by atoms with Crippen molar-refractivity contribution in [3.05, 3.63) is 53.3 Å². The van der Waals surface area contributed by atoms with Crippen LogP contribution in [0.1, 0.15) is 11.1 Å². The molecule has 0 aliphatic rings. The molecule has 3 rings (SSSR count). The maximum Gasteiger partial charge on any atom is 0.162 e. The van der Waals surface area contributed by atoms with E-state index in [0.717, 1.165) is 10.9 Å². The summed E-state index contributed by atoms with van der Waals surface area (Å²) in [6.45, 7) is 4.12. The van der Waals surface area contributed by atoms with E-state index in [2.05, 4.69) is 35.2 Å². The van der Waals surface area contributed by atoms with Gasteiger partial charge in [-0.05, 0) is 43.2 Å². The Kier molecular flexibility index (Phi) is 3.29. The number of rotatable bonds is 2. The van der Waals surface area contributed by atoms with Gasteiger partial charge in [-0.3, -0.25) is 0 Å². The van der Waals surface area contributed by atoms with E-state index in [-0.39, 0.29) is 5.82 Å². The van der Waals surface area contributed by atoms with Crippen molar-refractivity contribution in [3.63, 3.8) is 0 Å². The largest absolute Gasteiger partial charge is 0.373 e. The van der Waals surface area contributed by atoms with Crippen LogP contribution in [0.2, 0.25) is 0 Å². The highest BCUT2D eigenvalue weighted by atomic mass is 19.1. The summed E-state index contributed by atoms with van der Waals surface area (Å²) in [5.74, 6) is 1.00.